The van der Waals surface area contributed by atoms with Crippen molar-refractivity contribution in [2.24, 2.45) is 0 Å². The molecule has 0 aliphatic carbocycles. The molecular weight excluding hydrogens is 156 g/mol. The molecule has 0 saturated heterocycles. The second-order valence-corrected chi connectivity index (χ2v) is 2.32. The molecule has 1 rings (SSSR count). The van der Waals surface area contributed by atoms with Crippen molar-refractivity contribution in [3.63, 3.8) is 0 Å². The number of anilines is 1. The summed E-state index contributed by atoms with van der Waals surface area (Å²) in [6, 6.07) is 3.54. The number of aromatic nitrogens is 1. The third-order valence-corrected chi connectivity index (χ3v) is 1.47. The van der Waals surface area contributed by atoms with Crippen LogP contribution < -0.4 is 5.32 Å². The van der Waals surface area contributed by atoms with Crippen molar-refractivity contribution in [2.75, 3.05) is 18.5 Å². The van der Waals surface area contributed by atoms with Crippen LogP contribution in [-0.2, 0) is 6.61 Å². The highest BCUT2D eigenvalue weighted by Gasteiger charge is 1.99. The minimum absolute atomic E-state index is 0.0401. The number of pyridine rings is 1. The van der Waals surface area contributed by atoms with Crippen LogP contribution in [0.1, 0.15) is 5.56 Å². The van der Waals surface area contributed by atoms with Crippen LogP contribution in [0.15, 0.2) is 18.3 Å². The Hall–Kier alpha value is -1.13. The average Bonchev–Trinajstić information content (AvgIpc) is 2.15. The molecule has 4 nitrogen and oxygen atoms in total. The van der Waals surface area contributed by atoms with Gasteiger partial charge in [0.05, 0.1) is 13.2 Å². The van der Waals surface area contributed by atoms with E-state index in [0.717, 1.165) is 5.56 Å². The molecule has 0 fully saturated rings. The van der Waals surface area contributed by atoms with Gasteiger partial charge in [0.25, 0.3) is 0 Å². The summed E-state index contributed by atoms with van der Waals surface area (Å²) < 4.78 is 0. The second-order valence-electron chi connectivity index (χ2n) is 2.32. The molecule has 0 unspecified atom stereocenters. The van der Waals surface area contributed by atoms with Gasteiger partial charge in [0.15, 0.2) is 0 Å². The molecule has 66 valence electrons. The lowest BCUT2D eigenvalue weighted by Gasteiger charge is -2.06. The maximum Gasteiger partial charge on any atom is 0.131 e. The van der Waals surface area contributed by atoms with Crippen LogP contribution in [0, 0.1) is 0 Å². The standard InChI is InChI=1S/C8H12N2O2/c11-5-4-10-8-7(6-12)2-1-3-9-8/h1-3,11-12H,4-6H2,(H,9,10). The van der Waals surface area contributed by atoms with E-state index < -0.39 is 0 Å². The van der Waals surface area contributed by atoms with E-state index in [1.54, 1.807) is 18.3 Å². The number of rotatable bonds is 4. The maximum absolute atomic E-state index is 8.88. The molecule has 3 N–H and O–H groups in total. The highest BCUT2D eigenvalue weighted by molar-refractivity contribution is 5.42. The van der Waals surface area contributed by atoms with Crippen molar-refractivity contribution < 1.29 is 10.2 Å². The minimum Gasteiger partial charge on any atom is -0.395 e. The Bertz CT molecular complexity index is 240. The smallest absolute Gasteiger partial charge is 0.131 e. The van der Waals surface area contributed by atoms with Crippen LogP contribution in [0.4, 0.5) is 5.82 Å². The summed E-state index contributed by atoms with van der Waals surface area (Å²) >= 11 is 0. The lowest BCUT2D eigenvalue weighted by Crippen LogP contribution is -2.08. The monoisotopic (exact) mass is 168 g/mol. The summed E-state index contributed by atoms with van der Waals surface area (Å²) in [5.74, 6) is 0.633. The van der Waals surface area contributed by atoms with Gasteiger partial charge in [-0.05, 0) is 6.07 Å². The number of hydrogen-bond donors (Lipinski definition) is 3. The van der Waals surface area contributed by atoms with Crippen molar-refractivity contribution >= 4 is 5.82 Å². The van der Waals surface area contributed by atoms with Gasteiger partial charge in [0.2, 0.25) is 0 Å². The van der Waals surface area contributed by atoms with Gasteiger partial charge in [-0.2, -0.15) is 0 Å². The third kappa shape index (κ3) is 2.18. The molecule has 1 aromatic rings. The van der Waals surface area contributed by atoms with E-state index in [1.165, 1.54) is 0 Å². The zero-order valence-corrected chi connectivity index (χ0v) is 6.70. The topological polar surface area (TPSA) is 65.4 Å². The molecule has 12 heavy (non-hydrogen) atoms. The quantitative estimate of drug-likeness (QED) is 0.591. The van der Waals surface area contributed by atoms with E-state index in [9.17, 15) is 0 Å². The van der Waals surface area contributed by atoms with Crippen LogP contribution >= 0.6 is 0 Å². The number of aliphatic hydroxyl groups is 2. The Labute approximate surface area is 70.9 Å². The van der Waals surface area contributed by atoms with Crippen molar-refractivity contribution in [3.05, 3.63) is 23.9 Å². The van der Waals surface area contributed by atoms with E-state index in [4.69, 9.17) is 10.2 Å². The molecule has 4 heteroatoms. The Morgan fingerprint density at radius 2 is 2.25 bits per heavy atom. The fourth-order valence-electron chi connectivity index (χ4n) is 0.900. The normalized spacial score (nSPS) is 9.83. The molecular formula is C8H12N2O2. The van der Waals surface area contributed by atoms with E-state index in [0.29, 0.717) is 12.4 Å². The van der Waals surface area contributed by atoms with Crippen molar-refractivity contribution in [1.82, 2.24) is 4.98 Å². The number of aliphatic hydroxyl groups excluding tert-OH is 2. The fraction of sp³-hybridized carbons (Fsp3) is 0.375. The summed E-state index contributed by atoms with van der Waals surface area (Å²) in [4.78, 5) is 4.00. The predicted octanol–water partition coefficient (Wildman–Crippen LogP) is -0.0219. The molecule has 0 aliphatic heterocycles. The van der Waals surface area contributed by atoms with Gasteiger partial charge < -0.3 is 15.5 Å². The minimum atomic E-state index is -0.0401. The SMILES string of the molecule is OCCNc1ncccc1CO. The Balaban J connectivity index is 2.68. The Morgan fingerprint density at radius 1 is 1.42 bits per heavy atom. The molecule has 0 bridgehead atoms. The first-order valence-corrected chi connectivity index (χ1v) is 3.78. The lowest BCUT2D eigenvalue weighted by molar-refractivity contribution is 0.281. The van der Waals surface area contributed by atoms with Crippen LogP contribution in [-0.4, -0.2) is 28.3 Å². The first-order chi connectivity index (χ1) is 5.88. The first-order valence-electron chi connectivity index (χ1n) is 3.78. The van der Waals surface area contributed by atoms with Gasteiger partial charge in [0.1, 0.15) is 5.82 Å². The number of hydrogen-bond acceptors (Lipinski definition) is 4. The van der Waals surface area contributed by atoms with Crippen molar-refractivity contribution in [3.8, 4) is 0 Å². The van der Waals surface area contributed by atoms with Gasteiger partial charge in [-0.3, -0.25) is 0 Å². The summed E-state index contributed by atoms with van der Waals surface area (Å²) in [7, 11) is 0. The number of nitrogens with one attached hydrogen (secondary N) is 1. The van der Waals surface area contributed by atoms with Gasteiger partial charge in [-0.15, -0.1) is 0 Å². The van der Waals surface area contributed by atoms with E-state index in [-0.39, 0.29) is 13.2 Å². The van der Waals surface area contributed by atoms with Crippen LogP contribution in [0.2, 0.25) is 0 Å². The van der Waals surface area contributed by atoms with Gasteiger partial charge in [-0.25, -0.2) is 4.98 Å². The maximum atomic E-state index is 8.88. The second kappa shape index (κ2) is 4.69. The van der Waals surface area contributed by atoms with Crippen LogP contribution in [0.3, 0.4) is 0 Å². The summed E-state index contributed by atoms with van der Waals surface area (Å²) in [5.41, 5.74) is 0.742. The molecule has 0 atom stereocenters. The van der Waals surface area contributed by atoms with E-state index >= 15 is 0 Å². The highest BCUT2D eigenvalue weighted by Crippen LogP contribution is 2.09. The fourth-order valence-corrected chi connectivity index (χ4v) is 0.900. The molecule has 0 saturated carbocycles. The Kier molecular flexibility index (Phi) is 3.50. The first kappa shape index (κ1) is 8.96. The predicted molar refractivity (Wildman–Crippen MR) is 45.7 cm³/mol. The zero-order chi connectivity index (χ0) is 8.81. The zero-order valence-electron chi connectivity index (χ0n) is 6.70. The van der Waals surface area contributed by atoms with E-state index in [2.05, 4.69) is 10.3 Å². The third-order valence-electron chi connectivity index (χ3n) is 1.47. The largest absolute Gasteiger partial charge is 0.395 e. The molecule has 1 aromatic heterocycles. The van der Waals surface area contributed by atoms with Crippen LogP contribution in [0.25, 0.3) is 0 Å². The van der Waals surface area contributed by atoms with Gasteiger partial charge >= 0.3 is 0 Å². The lowest BCUT2D eigenvalue weighted by atomic mass is 10.3. The molecule has 0 radical (unpaired) electrons. The van der Waals surface area contributed by atoms with Gasteiger partial charge in [-0.1, -0.05) is 6.07 Å². The highest BCUT2D eigenvalue weighted by atomic mass is 16.3. The van der Waals surface area contributed by atoms with Crippen molar-refractivity contribution in [1.29, 1.82) is 0 Å². The molecule has 1 heterocycles. The average molecular weight is 168 g/mol. The van der Waals surface area contributed by atoms with Crippen molar-refractivity contribution in [2.45, 2.75) is 6.61 Å². The summed E-state index contributed by atoms with van der Waals surface area (Å²) in [6.07, 6.45) is 1.64. The van der Waals surface area contributed by atoms with E-state index in [1.807, 2.05) is 0 Å². The molecule has 0 aliphatic rings. The number of nitrogens with zero attached hydrogens (tertiary/aromatic N) is 1. The Morgan fingerprint density at radius 3 is 2.92 bits per heavy atom. The molecule has 0 spiro atoms. The summed E-state index contributed by atoms with van der Waals surface area (Å²) in [6.45, 7) is 0.465. The molecule has 0 aromatic carbocycles. The van der Waals surface area contributed by atoms with Crippen LogP contribution in [0.5, 0.6) is 0 Å². The van der Waals surface area contributed by atoms with Gasteiger partial charge in [0, 0.05) is 18.3 Å². The summed E-state index contributed by atoms with van der Waals surface area (Å²) in [5, 5.41) is 20.3. The molecule has 0 amide bonds.